The number of carboxylic acids is 1. The third-order valence-electron chi connectivity index (χ3n) is 2.81. The topological polar surface area (TPSA) is 72.9 Å². The molecule has 0 amide bonds. The number of aromatic nitrogens is 4. The number of hydrogen-bond donors (Lipinski definition) is 1. The molecule has 6 nitrogen and oxygen atoms in total. The van der Waals surface area contributed by atoms with Crippen LogP contribution in [0.4, 0.5) is 0 Å². The molecule has 0 aliphatic rings. The van der Waals surface area contributed by atoms with E-state index >= 15 is 0 Å². The first-order valence-electron chi connectivity index (χ1n) is 5.97. The minimum atomic E-state index is -0.838. The number of imidazole rings is 2. The smallest absolute Gasteiger partial charge is 0.313 e. The van der Waals surface area contributed by atoms with Crippen LogP contribution in [-0.2, 0) is 24.8 Å². The third-order valence-corrected chi connectivity index (χ3v) is 3.78. The van der Waals surface area contributed by atoms with Gasteiger partial charge in [0.1, 0.15) is 5.82 Å². The molecule has 0 aromatic carbocycles. The zero-order chi connectivity index (χ0) is 13.8. The van der Waals surface area contributed by atoms with Gasteiger partial charge >= 0.3 is 5.97 Å². The fraction of sp³-hybridized carbons (Fsp3) is 0.417. The number of nitrogens with zero attached hydrogens (tertiary/aromatic N) is 4. The average molecular weight is 280 g/mol. The van der Waals surface area contributed by atoms with Crippen LogP contribution in [-0.4, -0.2) is 35.9 Å². The first kappa shape index (κ1) is 13.7. The Hall–Kier alpha value is -1.76. The van der Waals surface area contributed by atoms with E-state index < -0.39 is 5.97 Å². The monoisotopic (exact) mass is 280 g/mol. The maximum Gasteiger partial charge on any atom is 0.313 e. The van der Waals surface area contributed by atoms with Crippen LogP contribution in [0.25, 0.3) is 0 Å². The second-order valence-corrected chi connectivity index (χ2v) is 5.05. The largest absolute Gasteiger partial charge is 0.481 e. The Morgan fingerprint density at radius 2 is 2.26 bits per heavy atom. The van der Waals surface area contributed by atoms with Crippen LogP contribution in [0.3, 0.4) is 0 Å². The number of thioether (sulfide) groups is 1. The van der Waals surface area contributed by atoms with Crippen molar-refractivity contribution >= 4 is 17.7 Å². The predicted octanol–water partition coefficient (Wildman–Crippen LogP) is 1.40. The van der Waals surface area contributed by atoms with E-state index in [0.29, 0.717) is 6.54 Å². The molecular formula is C12H16N4O2S. The number of carbonyl (C=O) groups is 1. The van der Waals surface area contributed by atoms with Gasteiger partial charge in [-0.15, -0.1) is 0 Å². The van der Waals surface area contributed by atoms with Gasteiger partial charge < -0.3 is 14.2 Å². The molecule has 0 saturated carbocycles. The van der Waals surface area contributed by atoms with Crippen LogP contribution in [0.15, 0.2) is 23.7 Å². The summed E-state index contributed by atoms with van der Waals surface area (Å²) in [5, 5.41) is 9.48. The lowest BCUT2D eigenvalue weighted by Gasteiger charge is -2.10. The number of carboxylic acid groups (broad SMARTS) is 1. The summed E-state index contributed by atoms with van der Waals surface area (Å²) >= 11 is 1.23. The summed E-state index contributed by atoms with van der Waals surface area (Å²) < 4.78 is 3.97. The molecule has 2 aromatic rings. The molecule has 0 aliphatic heterocycles. The highest BCUT2D eigenvalue weighted by molar-refractivity contribution is 7.99. The Balaban J connectivity index is 2.23. The number of hydrogen-bond acceptors (Lipinski definition) is 4. The Kier molecular flexibility index (Phi) is 4.26. The van der Waals surface area contributed by atoms with Gasteiger partial charge in [0.2, 0.25) is 0 Å². The molecule has 0 unspecified atom stereocenters. The molecule has 1 N–H and O–H groups in total. The molecule has 0 atom stereocenters. The molecule has 0 fully saturated rings. The molecule has 0 radical (unpaired) electrons. The van der Waals surface area contributed by atoms with Gasteiger partial charge in [0.25, 0.3) is 0 Å². The molecule has 0 saturated heterocycles. The Morgan fingerprint density at radius 1 is 1.47 bits per heavy atom. The van der Waals surface area contributed by atoms with Crippen LogP contribution in [0.1, 0.15) is 18.4 Å². The van der Waals surface area contributed by atoms with Crippen molar-refractivity contribution in [2.45, 2.75) is 25.0 Å². The van der Waals surface area contributed by atoms with Gasteiger partial charge in [-0.3, -0.25) is 4.79 Å². The van der Waals surface area contributed by atoms with Gasteiger partial charge in [-0.05, 0) is 6.42 Å². The van der Waals surface area contributed by atoms with E-state index in [1.807, 2.05) is 22.4 Å². The molecule has 2 rings (SSSR count). The second kappa shape index (κ2) is 5.92. The summed E-state index contributed by atoms with van der Waals surface area (Å²) in [4.78, 5) is 19.2. The van der Waals surface area contributed by atoms with Gasteiger partial charge in [0.05, 0.1) is 12.3 Å². The zero-order valence-electron chi connectivity index (χ0n) is 10.9. The lowest BCUT2D eigenvalue weighted by Crippen LogP contribution is -2.10. The van der Waals surface area contributed by atoms with E-state index in [0.717, 1.165) is 23.1 Å². The quantitative estimate of drug-likeness (QED) is 0.810. The number of aliphatic carboxylic acids is 1. The molecule has 0 spiro atoms. The van der Waals surface area contributed by atoms with Crippen LogP contribution in [0.2, 0.25) is 0 Å². The highest BCUT2D eigenvalue weighted by atomic mass is 32.2. The third kappa shape index (κ3) is 3.17. The summed E-state index contributed by atoms with van der Waals surface area (Å²) in [5.41, 5.74) is 1.08. The van der Waals surface area contributed by atoms with Gasteiger partial charge in [-0.2, -0.15) is 0 Å². The molecule has 19 heavy (non-hydrogen) atoms. The lowest BCUT2D eigenvalue weighted by molar-refractivity contribution is -0.133. The van der Waals surface area contributed by atoms with Crippen LogP contribution in [0.5, 0.6) is 0 Å². The van der Waals surface area contributed by atoms with E-state index in [-0.39, 0.29) is 5.75 Å². The van der Waals surface area contributed by atoms with Crippen molar-refractivity contribution < 1.29 is 9.90 Å². The van der Waals surface area contributed by atoms with Crippen molar-refractivity contribution in [2.24, 2.45) is 7.05 Å². The molecule has 0 bridgehead atoms. The van der Waals surface area contributed by atoms with E-state index in [4.69, 9.17) is 5.11 Å². The minimum absolute atomic E-state index is 0.0146. The highest BCUT2D eigenvalue weighted by Crippen LogP contribution is 2.20. The van der Waals surface area contributed by atoms with E-state index in [9.17, 15) is 4.79 Å². The maximum atomic E-state index is 10.7. The van der Waals surface area contributed by atoms with Gasteiger partial charge in [-0.25, -0.2) is 9.97 Å². The fourth-order valence-electron chi connectivity index (χ4n) is 1.78. The number of aryl methyl sites for hydroxylation is 2. The normalized spacial score (nSPS) is 10.8. The number of rotatable bonds is 6. The SMILES string of the molecule is CCc1cnc(SCC(=O)O)n1Cc1nccn1C. The summed E-state index contributed by atoms with van der Waals surface area (Å²) in [6.07, 6.45) is 6.29. The Labute approximate surface area is 115 Å². The zero-order valence-corrected chi connectivity index (χ0v) is 11.7. The summed E-state index contributed by atoms with van der Waals surface area (Å²) in [7, 11) is 1.94. The van der Waals surface area contributed by atoms with Crippen molar-refractivity contribution in [3.63, 3.8) is 0 Å². The van der Waals surface area contributed by atoms with Crippen molar-refractivity contribution in [3.8, 4) is 0 Å². The standard InChI is InChI=1S/C12H16N4O2S/c1-3-9-6-14-12(19-8-11(17)18)16(9)7-10-13-4-5-15(10)2/h4-6H,3,7-8H2,1-2H3,(H,17,18). The summed E-state index contributed by atoms with van der Waals surface area (Å²) in [6, 6.07) is 0. The highest BCUT2D eigenvalue weighted by Gasteiger charge is 2.13. The fourth-order valence-corrected chi connectivity index (χ4v) is 2.49. The molecule has 2 heterocycles. The van der Waals surface area contributed by atoms with Gasteiger partial charge in [0, 0.05) is 31.3 Å². The van der Waals surface area contributed by atoms with Crippen LogP contribution >= 0.6 is 11.8 Å². The first-order valence-corrected chi connectivity index (χ1v) is 6.95. The Morgan fingerprint density at radius 3 is 2.84 bits per heavy atom. The van der Waals surface area contributed by atoms with Crippen molar-refractivity contribution in [3.05, 3.63) is 30.1 Å². The van der Waals surface area contributed by atoms with Gasteiger partial charge in [-0.1, -0.05) is 18.7 Å². The second-order valence-electron chi connectivity index (χ2n) is 4.11. The molecular weight excluding hydrogens is 264 g/mol. The average Bonchev–Trinajstić information content (AvgIpc) is 2.95. The van der Waals surface area contributed by atoms with Crippen molar-refractivity contribution in [2.75, 3.05) is 5.75 Å². The summed E-state index contributed by atoms with van der Waals surface area (Å²) in [6.45, 7) is 2.66. The molecule has 7 heteroatoms. The van der Waals surface area contributed by atoms with Gasteiger partial charge in [0.15, 0.2) is 5.16 Å². The van der Waals surface area contributed by atoms with Crippen LogP contribution in [0, 0.1) is 0 Å². The van der Waals surface area contributed by atoms with E-state index in [1.165, 1.54) is 11.8 Å². The molecule has 102 valence electrons. The van der Waals surface area contributed by atoms with Crippen molar-refractivity contribution in [1.29, 1.82) is 0 Å². The Bertz CT molecular complexity index is 576. The van der Waals surface area contributed by atoms with Crippen molar-refractivity contribution in [1.82, 2.24) is 19.1 Å². The van der Waals surface area contributed by atoms with E-state index in [2.05, 4.69) is 16.9 Å². The molecule has 0 aliphatic carbocycles. The van der Waals surface area contributed by atoms with E-state index in [1.54, 1.807) is 12.4 Å². The first-order chi connectivity index (χ1) is 9.11. The minimum Gasteiger partial charge on any atom is -0.481 e. The van der Waals surface area contributed by atoms with Crippen LogP contribution < -0.4 is 0 Å². The summed E-state index contributed by atoms with van der Waals surface area (Å²) in [5.74, 6) is 0.0975. The molecule has 2 aromatic heterocycles. The lowest BCUT2D eigenvalue weighted by atomic mass is 10.3. The predicted molar refractivity (Wildman–Crippen MR) is 72.3 cm³/mol. The maximum absolute atomic E-state index is 10.7.